The summed E-state index contributed by atoms with van der Waals surface area (Å²) in [5.41, 5.74) is 1.76. The molecule has 1 fully saturated rings. The van der Waals surface area contributed by atoms with Crippen LogP contribution in [0.15, 0.2) is 48.5 Å². The molecular weight excluding hydrogens is 347 g/mol. The molecule has 1 N–H and O–H groups in total. The molecule has 0 saturated carbocycles. The lowest BCUT2D eigenvalue weighted by Gasteiger charge is -2.24. The number of benzene rings is 2. The Labute approximate surface area is 158 Å². The van der Waals surface area contributed by atoms with Crippen LogP contribution in [0.2, 0.25) is 0 Å². The number of hydrogen-bond donors (Lipinski definition) is 1. The van der Waals surface area contributed by atoms with Crippen LogP contribution >= 0.6 is 0 Å². The first-order valence-corrected chi connectivity index (χ1v) is 9.10. The third-order valence-electron chi connectivity index (χ3n) is 4.60. The number of likely N-dealkylation sites (tertiary alicyclic amines) is 1. The highest BCUT2D eigenvalue weighted by atomic mass is 19.1. The molecule has 3 rings (SSSR count). The van der Waals surface area contributed by atoms with Crippen LogP contribution < -0.4 is 10.1 Å². The molecule has 0 spiro atoms. The van der Waals surface area contributed by atoms with Crippen molar-refractivity contribution in [2.24, 2.45) is 0 Å². The van der Waals surface area contributed by atoms with Crippen molar-refractivity contribution < 1.29 is 18.7 Å². The average Bonchev–Trinajstić information content (AvgIpc) is 3.03. The average molecular weight is 370 g/mol. The molecule has 5 nitrogen and oxygen atoms in total. The lowest BCUT2D eigenvalue weighted by Crippen LogP contribution is -2.44. The van der Waals surface area contributed by atoms with E-state index in [2.05, 4.69) is 5.32 Å². The summed E-state index contributed by atoms with van der Waals surface area (Å²) in [7, 11) is 0. The highest BCUT2D eigenvalue weighted by Gasteiger charge is 2.35. The smallest absolute Gasteiger partial charge is 0.243 e. The second kappa shape index (κ2) is 8.66. The lowest BCUT2D eigenvalue weighted by molar-refractivity contribution is -0.135. The molecule has 0 aromatic heterocycles. The van der Waals surface area contributed by atoms with Crippen LogP contribution in [-0.2, 0) is 22.7 Å². The van der Waals surface area contributed by atoms with Crippen molar-refractivity contribution in [2.75, 3.05) is 6.61 Å². The number of halogens is 1. The zero-order valence-electron chi connectivity index (χ0n) is 15.3. The fourth-order valence-electron chi connectivity index (χ4n) is 3.17. The molecule has 1 heterocycles. The Balaban J connectivity index is 1.59. The zero-order chi connectivity index (χ0) is 19.2. The molecule has 2 aromatic rings. The SMILES string of the molecule is CCOc1ccc(CNC(=O)C2CCC(=O)N2Cc2ccc(F)cc2)cc1. The molecule has 1 saturated heterocycles. The highest BCUT2D eigenvalue weighted by molar-refractivity contribution is 5.90. The third kappa shape index (κ3) is 4.84. The molecule has 1 aliphatic heterocycles. The topological polar surface area (TPSA) is 58.6 Å². The first kappa shape index (κ1) is 18.9. The van der Waals surface area contributed by atoms with Crippen LogP contribution in [0.1, 0.15) is 30.9 Å². The van der Waals surface area contributed by atoms with Gasteiger partial charge in [0.15, 0.2) is 0 Å². The van der Waals surface area contributed by atoms with Gasteiger partial charge < -0.3 is 15.0 Å². The van der Waals surface area contributed by atoms with Gasteiger partial charge in [-0.05, 0) is 48.7 Å². The summed E-state index contributed by atoms with van der Waals surface area (Å²) in [4.78, 5) is 26.4. The van der Waals surface area contributed by atoms with Gasteiger partial charge in [0.2, 0.25) is 11.8 Å². The van der Waals surface area contributed by atoms with Gasteiger partial charge >= 0.3 is 0 Å². The lowest BCUT2D eigenvalue weighted by atomic mass is 10.1. The predicted octanol–water partition coefficient (Wildman–Crippen LogP) is 3.03. The van der Waals surface area contributed by atoms with Gasteiger partial charge in [-0.2, -0.15) is 0 Å². The van der Waals surface area contributed by atoms with Crippen molar-refractivity contribution in [3.8, 4) is 5.75 Å². The standard InChI is InChI=1S/C21H23FN2O3/c1-2-27-18-9-5-15(6-10-18)13-23-21(26)19-11-12-20(25)24(19)14-16-3-7-17(22)8-4-16/h3-10,19H,2,11-14H2,1H3,(H,23,26). The Morgan fingerprint density at radius 1 is 1.15 bits per heavy atom. The number of carbonyl (C=O) groups excluding carboxylic acids is 2. The van der Waals surface area contributed by atoms with Crippen molar-refractivity contribution in [3.63, 3.8) is 0 Å². The second-order valence-electron chi connectivity index (χ2n) is 6.50. The Morgan fingerprint density at radius 3 is 2.48 bits per heavy atom. The first-order chi connectivity index (χ1) is 13.1. The summed E-state index contributed by atoms with van der Waals surface area (Å²) >= 11 is 0. The van der Waals surface area contributed by atoms with Gasteiger partial charge in [0.25, 0.3) is 0 Å². The molecule has 0 aliphatic carbocycles. The maximum atomic E-state index is 13.1. The molecule has 1 atom stereocenters. The van der Waals surface area contributed by atoms with E-state index in [-0.39, 0.29) is 17.6 Å². The molecule has 1 unspecified atom stereocenters. The van der Waals surface area contributed by atoms with E-state index in [0.29, 0.717) is 32.5 Å². The maximum absolute atomic E-state index is 13.1. The minimum absolute atomic E-state index is 0.0551. The maximum Gasteiger partial charge on any atom is 0.243 e. The summed E-state index contributed by atoms with van der Waals surface area (Å²) in [5, 5.41) is 2.90. The molecule has 27 heavy (non-hydrogen) atoms. The summed E-state index contributed by atoms with van der Waals surface area (Å²) in [6.45, 7) is 3.23. The van der Waals surface area contributed by atoms with Crippen molar-refractivity contribution in [2.45, 2.75) is 38.9 Å². The molecule has 6 heteroatoms. The second-order valence-corrected chi connectivity index (χ2v) is 6.50. The summed E-state index contributed by atoms with van der Waals surface area (Å²) in [6.07, 6.45) is 0.845. The van der Waals surface area contributed by atoms with Gasteiger partial charge in [0.1, 0.15) is 17.6 Å². The normalized spacial score (nSPS) is 16.4. The van der Waals surface area contributed by atoms with E-state index >= 15 is 0 Å². The van der Waals surface area contributed by atoms with E-state index in [1.807, 2.05) is 31.2 Å². The van der Waals surface area contributed by atoms with Crippen LogP contribution in [0.3, 0.4) is 0 Å². The van der Waals surface area contributed by atoms with Crippen molar-refractivity contribution in [1.82, 2.24) is 10.2 Å². The highest BCUT2D eigenvalue weighted by Crippen LogP contribution is 2.22. The largest absolute Gasteiger partial charge is 0.494 e. The van der Waals surface area contributed by atoms with Crippen LogP contribution in [0.25, 0.3) is 0 Å². The molecular formula is C21H23FN2O3. The van der Waals surface area contributed by atoms with E-state index in [1.54, 1.807) is 17.0 Å². The summed E-state index contributed by atoms with van der Waals surface area (Å²) < 4.78 is 18.5. The van der Waals surface area contributed by atoms with Crippen molar-refractivity contribution in [1.29, 1.82) is 0 Å². The number of nitrogens with zero attached hydrogens (tertiary/aromatic N) is 1. The Kier molecular flexibility index (Phi) is 6.06. The molecule has 0 radical (unpaired) electrons. The van der Waals surface area contributed by atoms with E-state index in [1.165, 1.54) is 12.1 Å². The van der Waals surface area contributed by atoms with Crippen LogP contribution in [0.4, 0.5) is 4.39 Å². The zero-order valence-corrected chi connectivity index (χ0v) is 15.3. The number of amides is 2. The molecule has 1 aliphatic rings. The van der Waals surface area contributed by atoms with Gasteiger partial charge in [0, 0.05) is 19.5 Å². The van der Waals surface area contributed by atoms with Gasteiger partial charge in [-0.15, -0.1) is 0 Å². The molecule has 0 bridgehead atoms. The van der Waals surface area contributed by atoms with E-state index in [4.69, 9.17) is 4.74 Å². The molecule has 2 amide bonds. The van der Waals surface area contributed by atoms with Gasteiger partial charge in [-0.3, -0.25) is 9.59 Å². The summed E-state index contributed by atoms with van der Waals surface area (Å²) in [6, 6.07) is 13.0. The van der Waals surface area contributed by atoms with Crippen LogP contribution in [0.5, 0.6) is 5.75 Å². The fourth-order valence-corrected chi connectivity index (χ4v) is 3.17. The molecule has 2 aromatic carbocycles. The van der Waals surface area contributed by atoms with Crippen LogP contribution in [-0.4, -0.2) is 29.4 Å². The number of nitrogens with one attached hydrogen (secondary N) is 1. The van der Waals surface area contributed by atoms with E-state index in [9.17, 15) is 14.0 Å². The summed E-state index contributed by atoms with van der Waals surface area (Å²) in [5.74, 6) is 0.243. The third-order valence-corrected chi connectivity index (χ3v) is 4.60. The number of ether oxygens (including phenoxy) is 1. The number of rotatable bonds is 7. The van der Waals surface area contributed by atoms with Crippen molar-refractivity contribution in [3.05, 3.63) is 65.5 Å². The Morgan fingerprint density at radius 2 is 1.81 bits per heavy atom. The number of carbonyl (C=O) groups is 2. The first-order valence-electron chi connectivity index (χ1n) is 9.10. The van der Waals surface area contributed by atoms with E-state index < -0.39 is 6.04 Å². The quantitative estimate of drug-likeness (QED) is 0.815. The van der Waals surface area contributed by atoms with Gasteiger partial charge in [-0.1, -0.05) is 24.3 Å². The number of hydrogen-bond acceptors (Lipinski definition) is 3. The predicted molar refractivity (Wildman–Crippen MR) is 99.4 cm³/mol. The minimum atomic E-state index is -0.495. The minimum Gasteiger partial charge on any atom is -0.494 e. The van der Waals surface area contributed by atoms with Crippen LogP contribution in [0, 0.1) is 5.82 Å². The van der Waals surface area contributed by atoms with Gasteiger partial charge in [0.05, 0.1) is 6.61 Å². The monoisotopic (exact) mass is 370 g/mol. The Bertz CT molecular complexity index is 790. The Hall–Kier alpha value is -2.89. The van der Waals surface area contributed by atoms with Crippen molar-refractivity contribution >= 4 is 11.8 Å². The van der Waals surface area contributed by atoms with E-state index in [0.717, 1.165) is 16.9 Å². The molecule has 142 valence electrons. The fraction of sp³-hybridized carbons (Fsp3) is 0.333. The van der Waals surface area contributed by atoms with Gasteiger partial charge in [-0.25, -0.2) is 4.39 Å².